The van der Waals surface area contributed by atoms with Crippen molar-refractivity contribution in [3.05, 3.63) is 23.5 Å². The number of rotatable bonds is 3. The van der Waals surface area contributed by atoms with Gasteiger partial charge >= 0.3 is 0 Å². The van der Waals surface area contributed by atoms with Crippen LogP contribution in [0.25, 0.3) is 0 Å². The van der Waals surface area contributed by atoms with Crippen molar-refractivity contribution in [3.63, 3.8) is 0 Å². The highest BCUT2D eigenvalue weighted by atomic mass is 35.5. The van der Waals surface area contributed by atoms with E-state index in [1.165, 1.54) is 11.8 Å². The molecule has 0 aliphatic carbocycles. The molecule has 0 radical (unpaired) electrons. The molecule has 4 heterocycles. The summed E-state index contributed by atoms with van der Waals surface area (Å²) < 4.78 is 5.71. The van der Waals surface area contributed by atoms with Crippen LogP contribution in [0.15, 0.2) is 28.4 Å². The van der Waals surface area contributed by atoms with Crippen molar-refractivity contribution in [2.24, 2.45) is 11.3 Å². The van der Waals surface area contributed by atoms with Gasteiger partial charge < -0.3 is 21.1 Å². The Morgan fingerprint density at radius 3 is 2.70 bits per heavy atom. The molecule has 2 aliphatic heterocycles. The minimum Gasteiger partial charge on any atom is -0.382 e. The highest BCUT2D eigenvalue weighted by Gasteiger charge is 2.43. The molecule has 0 bridgehead atoms. The molecule has 0 amide bonds. The predicted octanol–water partition coefficient (Wildman–Crippen LogP) is 3.09. The Kier molecular flexibility index (Phi) is 5.05. The van der Waals surface area contributed by atoms with Crippen molar-refractivity contribution in [2.75, 3.05) is 42.7 Å². The van der Waals surface area contributed by atoms with E-state index in [-0.39, 0.29) is 5.82 Å². The van der Waals surface area contributed by atoms with E-state index in [0.717, 1.165) is 49.9 Å². The zero-order valence-corrected chi connectivity index (χ0v) is 16.8. The van der Waals surface area contributed by atoms with Crippen molar-refractivity contribution in [3.8, 4) is 0 Å². The number of pyridine rings is 1. The number of ether oxygens (including phenoxy) is 1. The van der Waals surface area contributed by atoms with Crippen LogP contribution in [0.2, 0.25) is 5.02 Å². The molecule has 1 spiro atoms. The smallest absolute Gasteiger partial charge is 0.158 e. The first-order valence-electron chi connectivity index (χ1n) is 9.01. The van der Waals surface area contributed by atoms with Crippen LogP contribution < -0.4 is 16.4 Å². The molecule has 2 saturated heterocycles. The fraction of sp³-hybridized carbons (Fsp3) is 0.500. The first kappa shape index (κ1) is 18.6. The average Bonchev–Trinajstić information content (AvgIpc) is 3.01. The Hall–Kier alpha value is -1.77. The van der Waals surface area contributed by atoms with E-state index < -0.39 is 0 Å². The lowest BCUT2D eigenvalue weighted by Gasteiger charge is -2.41. The molecule has 7 nitrogen and oxygen atoms in total. The van der Waals surface area contributed by atoms with Gasteiger partial charge in [0.05, 0.1) is 17.8 Å². The molecule has 2 fully saturated rings. The average molecular weight is 407 g/mol. The van der Waals surface area contributed by atoms with Gasteiger partial charge in [-0.25, -0.2) is 15.0 Å². The lowest BCUT2D eigenvalue weighted by atomic mass is 9.72. The monoisotopic (exact) mass is 406 g/mol. The highest BCUT2D eigenvalue weighted by Crippen LogP contribution is 2.44. The molecule has 0 aromatic carbocycles. The van der Waals surface area contributed by atoms with E-state index in [9.17, 15) is 0 Å². The maximum atomic E-state index is 6.20. The second-order valence-corrected chi connectivity index (χ2v) is 8.70. The summed E-state index contributed by atoms with van der Waals surface area (Å²) in [6.07, 6.45) is 5.61. The van der Waals surface area contributed by atoms with Crippen molar-refractivity contribution < 1.29 is 4.74 Å². The van der Waals surface area contributed by atoms with Gasteiger partial charge in [-0.1, -0.05) is 30.3 Å². The van der Waals surface area contributed by atoms with Gasteiger partial charge in [-0.3, -0.25) is 0 Å². The van der Waals surface area contributed by atoms with E-state index >= 15 is 0 Å². The first-order chi connectivity index (χ1) is 13.0. The number of anilines is 3. The molecular formula is C18H23ClN6OS. The maximum absolute atomic E-state index is 6.20. The van der Waals surface area contributed by atoms with Crippen LogP contribution in [-0.4, -0.2) is 41.3 Å². The maximum Gasteiger partial charge on any atom is 0.158 e. The molecule has 4 rings (SSSR count). The molecule has 2 aliphatic rings. The van der Waals surface area contributed by atoms with Crippen molar-refractivity contribution in [2.45, 2.75) is 29.7 Å². The second kappa shape index (κ2) is 7.33. The number of nitrogens with zero attached hydrogens (tertiary/aromatic N) is 4. The van der Waals surface area contributed by atoms with Crippen LogP contribution in [0.3, 0.4) is 0 Å². The number of aromatic nitrogens is 3. The Morgan fingerprint density at radius 1 is 1.26 bits per heavy atom. The predicted molar refractivity (Wildman–Crippen MR) is 108 cm³/mol. The van der Waals surface area contributed by atoms with Gasteiger partial charge in [-0.05, 0) is 24.8 Å². The van der Waals surface area contributed by atoms with Gasteiger partial charge in [0.1, 0.15) is 16.7 Å². The molecule has 2 aromatic heterocycles. The summed E-state index contributed by atoms with van der Waals surface area (Å²) in [4.78, 5) is 16.1. The molecule has 27 heavy (non-hydrogen) atoms. The molecule has 0 unspecified atom stereocenters. The fourth-order valence-corrected chi connectivity index (χ4v) is 4.83. The second-order valence-electron chi connectivity index (χ2n) is 7.29. The number of nitrogen functional groups attached to an aromatic ring is 2. The molecule has 144 valence electrons. The molecule has 4 N–H and O–H groups in total. The van der Waals surface area contributed by atoms with E-state index in [1.807, 2.05) is 0 Å². The van der Waals surface area contributed by atoms with Crippen LogP contribution in [0.1, 0.15) is 19.8 Å². The lowest BCUT2D eigenvalue weighted by molar-refractivity contribution is 0.127. The fourth-order valence-electron chi connectivity index (χ4n) is 3.81. The zero-order chi connectivity index (χ0) is 19.0. The Morgan fingerprint density at radius 2 is 2.04 bits per heavy atom. The summed E-state index contributed by atoms with van der Waals surface area (Å²) in [6, 6.07) is 1.79. The van der Waals surface area contributed by atoms with Crippen molar-refractivity contribution >= 4 is 40.8 Å². The number of halogens is 1. The lowest BCUT2D eigenvalue weighted by Crippen LogP contribution is -2.43. The summed E-state index contributed by atoms with van der Waals surface area (Å²) in [7, 11) is 0. The normalized spacial score (nSPS) is 21.7. The third-order valence-corrected chi connectivity index (χ3v) is 7.30. The largest absolute Gasteiger partial charge is 0.382 e. The van der Waals surface area contributed by atoms with Crippen molar-refractivity contribution in [1.82, 2.24) is 15.0 Å². The number of hydrogen-bond donors (Lipinski definition) is 2. The molecular weight excluding hydrogens is 384 g/mol. The van der Waals surface area contributed by atoms with E-state index in [2.05, 4.69) is 26.8 Å². The minimum absolute atomic E-state index is 0.289. The Balaban J connectivity index is 1.47. The quantitative estimate of drug-likeness (QED) is 0.801. The van der Waals surface area contributed by atoms with Crippen LogP contribution in [0.4, 0.5) is 17.5 Å². The summed E-state index contributed by atoms with van der Waals surface area (Å²) in [5.41, 5.74) is 12.2. The molecule has 9 heteroatoms. The number of hydrogen-bond acceptors (Lipinski definition) is 8. The van der Waals surface area contributed by atoms with E-state index in [0.29, 0.717) is 27.2 Å². The van der Waals surface area contributed by atoms with Gasteiger partial charge in [0, 0.05) is 36.2 Å². The molecule has 2 aromatic rings. The standard InChI is InChI=1S/C18H23ClN6OS/c1-11-9-26-10-18(11)3-6-25(7-4-18)13-8-23-17(16(21)24-13)27-12-2-5-22-15(20)14(12)19/h2,5,8,11H,3-4,6-7,9-10H2,1H3,(H2,20,22)(H2,21,24)/t11-/m0/s1. The third-order valence-electron chi connectivity index (χ3n) is 5.72. The third kappa shape index (κ3) is 3.53. The SMILES string of the molecule is C[C@H]1COCC12CCN(c1cnc(Sc3ccnc(N)c3Cl)c(N)n1)CC2. The van der Waals surface area contributed by atoms with Gasteiger partial charge in [0.25, 0.3) is 0 Å². The zero-order valence-electron chi connectivity index (χ0n) is 15.2. The summed E-state index contributed by atoms with van der Waals surface area (Å²) in [5.74, 6) is 2.12. The summed E-state index contributed by atoms with van der Waals surface area (Å²) >= 11 is 7.54. The van der Waals surface area contributed by atoms with Gasteiger partial charge in [0.2, 0.25) is 0 Å². The van der Waals surface area contributed by atoms with Gasteiger partial charge in [0.15, 0.2) is 5.82 Å². The van der Waals surface area contributed by atoms with Crippen LogP contribution in [0, 0.1) is 11.3 Å². The van der Waals surface area contributed by atoms with Gasteiger partial charge in [-0.15, -0.1) is 0 Å². The number of piperidine rings is 1. The van der Waals surface area contributed by atoms with E-state index in [4.69, 9.17) is 27.8 Å². The van der Waals surface area contributed by atoms with E-state index in [1.54, 1.807) is 18.5 Å². The van der Waals surface area contributed by atoms with Crippen molar-refractivity contribution in [1.29, 1.82) is 0 Å². The van der Waals surface area contributed by atoms with Crippen LogP contribution in [0.5, 0.6) is 0 Å². The Bertz CT molecular complexity index is 843. The molecule has 1 atom stereocenters. The summed E-state index contributed by atoms with van der Waals surface area (Å²) in [5, 5.41) is 1.01. The Labute approximate surface area is 167 Å². The number of nitrogens with two attached hydrogens (primary N) is 2. The first-order valence-corrected chi connectivity index (χ1v) is 10.2. The minimum atomic E-state index is 0.289. The van der Waals surface area contributed by atoms with Crippen LogP contribution in [-0.2, 0) is 4.74 Å². The van der Waals surface area contributed by atoms with Crippen LogP contribution >= 0.6 is 23.4 Å². The summed E-state index contributed by atoms with van der Waals surface area (Å²) in [6.45, 7) is 5.94. The molecule has 0 saturated carbocycles. The topological polar surface area (TPSA) is 103 Å². The highest BCUT2D eigenvalue weighted by molar-refractivity contribution is 7.99. The van der Waals surface area contributed by atoms with Gasteiger partial charge in [-0.2, -0.15) is 0 Å².